The van der Waals surface area contributed by atoms with Crippen LogP contribution in [0.15, 0.2) is 34.1 Å². The number of rotatable bonds is 4. The first-order valence-electron chi connectivity index (χ1n) is 6.09. The Morgan fingerprint density at radius 1 is 1.40 bits per heavy atom. The molecule has 0 bridgehead atoms. The monoisotopic (exact) mass is 372 g/mol. The molecule has 0 saturated heterocycles. The first-order valence-corrected chi connectivity index (χ1v) is 8.08. The molecule has 1 amide bonds. The number of nitrogen functional groups attached to an aromatic ring is 1. The number of hydrogen-bond donors (Lipinski definition) is 1. The fourth-order valence-corrected chi connectivity index (χ4v) is 3.43. The highest BCUT2D eigenvalue weighted by atomic mass is 79.9. The van der Waals surface area contributed by atoms with Crippen molar-refractivity contribution in [2.45, 2.75) is 13.5 Å². The second-order valence-corrected chi connectivity index (χ2v) is 7.22. The van der Waals surface area contributed by atoms with Crippen LogP contribution in [-0.2, 0) is 6.54 Å². The summed E-state index contributed by atoms with van der Waals surface area (Å²) in [4.78, 5) is 15.4. The van der Waals surface area contributed by atoms with Crippen molar-refractivity contribution in [3.63, 3.8) is 0 Å². The van der Waals surface area contributed by atoms with Gasteiger partial charge in [0.15, 0.2) is 0 Å². The van der Waals surface area contributed by atoms with Crippen molar-refractivity contribution in [2.75, 3.05) is 12.3 Å². The maximum atomic E-state index is 12.5. The smallest absolute Gasteiger partial charge is 0.254 e. The second kappa shape index (κ2) is 6.61. The number of anilines is 1. The predicted octanol–water partition coefficient (Wildman–Crippen LogP) is 4.41. The van der Waals surface area contributed by atoms with E-state index in [0.717, 1.165) is 8.66 Å². The van der Waals surface area contributed by atoms with Crippen LogP contribution in [0, 0.1) is 0 Å². The Kier molecular flexibility index (Phi) is 5.07. The maximum Gasteiger partial charge on any atom is 0.254 e. The summed E-state index contributed by atoms with van der Waals surface area (Å²) >= 11 is 10.9. The van der Waals surface area contributed by atoms with E-state index in [1.54, 1.807) is 34.4 Å². The molecular formula is C14H14BrClN2OS. The molecule has 0 radical (unpaired) electrons. The zero-order chi connectivity index (χ0) is 14.7. The number of carbonyl (C=O) groups is 1. The van der Waals surface area contributed by atoms with E-state index in [4.69, 9.17) is 17.3 Å². The molecule has 0 aliphatic heterocycles. The van der Waals surface area contributed by atoms with Crippen molar-refractivity contribution in [3.05, 3.63) is 49.6 Å². The molecule has 0 saturated carbocycles. The molecule has 0 fully saturated rings. The molecule has 2 aromatic rings. The minimum atomic E-state index is -0.0413. The summed E-state index contributed by atoms with van der Waals surface area (Å²) in [5.74, 6) is -0.0413. The Hall–Kier alpha value is -1.04. The van der Waals surface area contributed by atoms with Crippen LogP contribution in [0.5, 0.6) is 0 Å². The van der Waals surface area contributed by atoms with E-state index in [0.29, 0.717) is 29.4 Å². The molecule has 0 aliphatic rings. The highest BCUT2D eigenvalue weighted by molar-refractivity contribution is 9.11. The minimum absolute atomic E-state index is 0.0413. The summed E-state index contributed by atoms with van der Waals surface area (Å²) in [6, 6.07) is 8.98. The van der Waals surface area contributed by atoms with Crippen LogP contribution >= 0.6 is 38.9 Å². The lowest BCUT2D eigenvalue weighted by atomic mass is 10.1. The van der Waals surface area contributed by atoms with Crippen LogP contribution in [-0.4, -0.2) is 17.4 Å². The number of nitrogens with zero attached hydrogens (tertiary/aromatic N) is 1. The number of thiophene rings is 1. The van der Waals surface area contributed by atoms with Gasteiger partial charge in [-0.1, -0.05) is 11.6 Å². The first kappa shape index (κ1) is 15.4. The van der Waals surface area contributed by atoms with E-state index in [2.05, 4.69) is 15.9 Å². The molecule has 3 nitrogen and oxygen atoms in total. The molecule has 0 atom stereocenters. The zero-order valence-electron chi connectivity index (χ0n) is 10.9. The first-order chi connectivity index (χ1) is 9.51. The summed E-state index contributed by atoms with van der Waals surface area (Å²) in [6.45, 7) is 3.19. The van der Waals surface area contributed by atoms with Gasteiger partial charge in [-0.15, -0.1) is 11.3 Å². The van der Waals surface area contributed by atoms with Crippen LogP contribution in [0.2, 0.25) is 5.02 Å². The third kappa shape index (κ3) is 3.53. The fraction of sp³-hybridized carbons (Fsp3) is 0.214. The van der Waals surface area contributed by atoms with Gasteiger partial charge in [0.2, 0.25) is 0 Å². The molecule has 1 aromatic heterocycles. The Labute approximate surface area is 135 Å². The quantitative estimate of drug-likeness (QED) is 0.807. The van der Waals surface area contributed by atoms with Crippen LogP contribution < -0.4 is 5.73 Å². The number of hydrogen-bond acceptors (Lipinski definition) is 3. The van der Waals surface area contributed by atoms with Crippen molar-refractivity contribution < 1.29 is 4.79 Å². The number of halogens is 2. The van der Waals surface area contributed by atoms with Gasteiger partial charge in [0, 0.05) is 17.0 Å². The minimum Gasteiger partial charge on any atom is -0.398 e. The van der Waals surface area contributed by atoms with Gasteiger partial charge < -0.3 is 10.6 Å². The summed E-state index contributed by atoms with van der Waals surface area (Å²) in [5, 5.41) is 0.465. The van der Waals surface area contributed by atoms with Gasteiger partial charge in [0.1, 0.15) is 0 Å². The highest BCUT2D eigenvalue weighted by Gasteiger charge is 2.16. The maximum absolute atomic E-state index is 12.5. The average molecular weight is 374 g/mol. The van der Waals surface area contributed by atoms with Gasteiger partial charge in [0.25, 0.3) is 5.91 Å². The van der Waals surface area contributed by atoms with E-state index >= 15 is 0 Å². The molecule has 20 heavy (non-hydrogen) atoms. The topological polar surface area (TPSA) is 46.3 Å². The van der Waals surface area contributed by atoms with Crippen LogP contribution in [0.1, 0.15) is 22.2 Å². The summed E-state index contributed by atoms with van der Waals surface area (Å²) in [7, 11) is 0. The number of carbonyl (C=O) groups excluding carboxylic acids is 1. The SMILES string of the molecule is CCN(Cc1ccc(Br)s1)C(=O)c1ccc(Cl)c(N)c1. The van der Waals surface area contributed by atoms with E-state index in [1.165, 1.54) is 0 Å². The molecule has 0 unspecified atom stereocenters. The lowest BCUT2D eigenvalue weighted by molar-refractivity contribution is 0.0754. The molecule has 106 valence electrons. The number of amides is 1. The lowest BCUT2D eigenvalue weighted by Gasteiger charge is -2.20. The lowest BCUT2D eigenvalue weighted by Crippen LogP contribution is -2.30. The Balaban J connectivity index is 2.18. The predicted molar refractivity (Wildman–Crippen MR) is 88.3 cm³/mol. The van der Waals surface area contributed by atoms with Gasteiger partial charge in [-0.3, -0.25) is 4.79 Å². The van der Waals surface area contributed by atoms with Crippen molar-refractivity contribution in [1.82, 2.24) is 4.90 Å². The molecule has 2 N–H and O–H groups in total. The van der Waals surface area contributed by atoms with Gasteiger partial charge in [0.05, 0.1) is 21.0 Å². The van der Waals surface area contributed by atoms with E-state index < -0.39 is 0 Å². The molecule has 1 heterocycles. The average Bonchev–Trinajstić information content (AvgIpc) is 2.84. The molecule has 1 aromatic carbocycles. The van der Waals surface area contributed by atoms with Gasteiger partial charge in [-0.05, 0) is 53.2 Å². The summed E-state index contributed by atoms with van der Waals surface area (Å²) < 4.78 is 1.06. The van der Waals surface area contributed by atoms with Gasteiger partial charge in [-0.2, -0.15) is 0 Å². The second-order valence-electron chi connectivity index (χ2n) is 4.26. The molecule has 6 heteroatoms. The fourth-order valence-electron chi connectivity index (χ4n) is 1.81. The molecule has 0 spiro atoms. The number of benzene rings is 1. The van der Waals surface area contributed by atoms with Crippen molar-refractivity contribution in [1.29, 1.82) is 0 Å². The van der Waals surface area contributed by atoms with E-state index in [1.807, 2.05) is 19.1 Å². The number of nitrogens with two attached hydrogens (primary N) is 1. The standard InChI is InChI=1S/C14H14BrClN2OS/c1-2-18(8-10-4-6-13(15)20-10)14(19)9-3-5-11(16)12(17)7-9/h3-7H,2,8,17H2,1H3. The molecule has 0 aliphatic carbocycles. The van der Waals surface area contributed by atoms with Crippen molar-refractivity contribution in [3.8, 4) is 0 Å². The van der Waals surface area contributed by atoms with Crippen molar-refractivity contribution >= 4 is 50.5 Å². The summed E-state index contributed by atoms with van der Waals surface area (Å²) in [6.07, 6.45) is 0. The normalized spacial score (nSPS) is 10.6. The molecule has 2 rings (SSSR count). The Bertz CT molecular complexity index is 629. The Morgan fingerprint density at radius 2 is 2.15 bits per heavy atom. The van der Waals surface area contributed by atoms with Gasteiger partial charge in [-0.25, -0.2) is 0 Å². The zero-order valence-corrected chi connectivity index (χ0v) is 14.1. The van der Waals surface area contributed by atoms with Crippen molar-refractivity contribution in [2.24, 2.45) is 0 Å². The van der Waals surface area contributed by atoms with E-state index in [9.17, 15) is 4.79 Å². The highest BCUT2D eigenvalue weighted by Crippen LogP contribution is 2.25. The van der Waals surface area contributed by atoms with Crippen LogP contribution in [0.25, 0.3) is 0 Å². The third-order valence-corrected chi connectivity index (χ3v) is 4.84. The molecular weight excluding hydrogens is 360 g/mol. The van der Waals surface area contributed by atoms with Crippen LogP contribution in [0.4, 0.5) is 5.69 Å². The summed E-state index contributed by atoms with van der Waals surface area (Å²) in [5.41, 5.74) is 6.73. The largest absolute Gasteiger partial charge is 0.398 e. The Morgan fingerprint density at radius 3 is 2.70 bits per heavy atom. The third-order valence-electron chi connectivity index (χ3n) is 2.89. The van der Waals surface area contributed by atoms with E-state index in [-0.39, 0.29) is 5.91 Å². The van der Waals surface area contributed by atoms with Crippen LogP contribution in [0.3, 0.4) is 0 Å². The van der Waals surface area contributed by atoms with Gasteiger partial charge >= 0.3 is 0 Å².